The van der Waals surface area contributed by atoms with Crippen LogP contribution in [-0.2, 0) is 13.5 Å². The number of para-hydroxylation sites is 1. The number of fused-ring (bicyclic) bond motifs is 1. The van der Waals surface area contributed by atoms with Crippen molar-refractivity contribution in [2.24, 2.45) is 7.05 Å². The summed E-state index contributed by atoms with van der Waals surface area (Å²) in [6.45, 7) is 0.151. The number of thiazole rings is 1. The summed E-state index contributed by atoms with van der Waals surface area (Å²) < 4.78 is 2.12. The van der Waals surface area contributed by atoms with E-state index in [1.807, 2.05) is 24.6 Å². The molecule has 0 aliphatic carbocycles. The van der Waals surface area contributed by atoms with Gasteiger partial charge in [0.25, 0.3) is 0 Å². The number of benzene rings is 1. The lowest BCUT2D eigenvalue weighted by molar-refractivity contribution is 0.298. The first-order valence-corrected chi connectivity index (χ1v) is 6.77. The van der Waals surface area contributed by atoms with E-state index in [0.29, 0.717) is 6.42 Å². The van der Waals surface area contributed by atoms with Crippen molar-refractivity contribution in [2.45, 2.75) is 6.42 Å². The van der Waals surface area contributed by atoms with E-state index in [1.54, 1.807) is 11.3 Å². The van der Waals surface area contributed by atoms with Gasteiger partial charge in [-0.15, -0.1) is 11.3 Å². The molecule has 18 heavy (non-hydrogen) atoms. The lowest BCUT2D eigenvalue weighted by Gasteiger charge is -1.94. The third-order valence-corrected chi connectivity index (χ3v) is 3.97. The second kappa shape index (κ2) is 4.55. The van der Waals surface area contributed by atoms with Gasteiger partial charge in [0.15, 0.2) is 0 Å². The lowest BCUT2D eigenvalue weighted by atomic mass is 10.2. The summed E-state index contributed by atoms with van der Waals surface area (Å²) in [7, 11) is 2.05. The molecule has 0 aliphatic heterocycles. The molecular weight excluding hydrogens is 244 g/mol. The van der Waals surface area contributed by atoms with Gasteiger partial charge in [0.05, 0.1) is 5.69 Å². The SMILES string of the molecule is Cn1cc(-c2nc(CCO)cs2)c2ccccc21. The van der Waals surface area contributed by atoms with Crippen molar-refractivity contribution in [3.05, 3.63) is 41.5 Å². The number of aromatic nitrogens is 2. The molecule has 0 bridgehead atoms. The van der Waals surface area contributed by atoms with Gasteiger partial charge >= 0.3 is 0 Å². The molecule has 3 nitrogen and oxygen atoms in total. The van der Waals surface area contributed by atoms with E-state index in [2.05, 4.69) is 27.9 Å². The van der Waals surface area contributed by atoms with Gasteiger partial charge in [0, 0.05) is 48.1 Å². The van der Waals surface area contributed by atoms with Crippen molar-refractivity contribution in [2.75, 3.05) is 6.61 Å². The molecule has 2 aromatic heterocycles. The summed E-state index contributed by atoms with van der Waals surface area (Å²) in [6.07, 6.45) is 2.74. The lowest BCUT2D eigenvalue weighted by Crippen LogP contribution is -1.89. The van der Waals surface area contributed by atoms with E-state index in [-0.39, 0.29) is 6.61 Å². The van der Waals surface area contributed by atoms with Crippen molar-refractivity contribution in [3.63, 3.8) is 0 Å². The van der Waals surface area contributed by atoms with Crippen LogP contribution >= 0.6 is 11.3 Å². The molecule has 0 saturated carbocycles. The van der Waals surface area contributed by atoms with Crippen LogP contribution in [0.5, 0.6) is 0 Å². The number of aliphatic hydroxyl groups is 1. The zero-order valence-corrected chi connectivity index (χ0v) is 10.9. The highest BCUT2D eigenvalue weighted by Gasteiger charge is 2.11. The zero-order chi connectivity index (χ0) is 12.5. The minimum absolute atomic E-state index is 0.151. The molecule has 4 heteroatoms. The van der Waals surface area contributed by atoms with E-state index >= 15 is 0 Å². The molecule has 3 rings (SSSR count). The third kappa shape index (κ3) is 1.83. The fraction of sp³-hybridized carbons (Fsp3) is 0.214. The van der Waals surface area contributed by atoms with Crippen LogP contribution in [0.15, 0.2) is 35.8 Å². The number of hydrogen-bond donors (Lipinski definition) is 1. The van der Waals surface area contributed by atoms with Gasteiger partial charge in [-0.3, -0.25) is 0 Å². The predicted molar refractivity (Wildman–Crippen MR) is 74.8 cm³/mol. The van der Waals surface area contributed by atoms with E-state index in [9.17, 15) is 0 Å². The van der Waals surface area contributed by atoms with Gasteiger partial charge in [0.1, 0.15) is 5.01 Å². The summed E-state index contributed by atoms with van der Waals surface area (Å²) in [5.74, 6) is 0. The molecule has 0 atom stereocenters. The van der Waals surface area contributed by atoms with Gasteiger partial charge in [-0.25, -0.2) is 4.98 Å². The van der Waals surface area contributed by atoms with E-state index in [0.717, 1.165) is 10.7 Å². The first kappa shape index (κ1) is 11.4. The number of aliphatic hydroxyl groups excluding tert-OH is 1. The molecule has 2 heterocycles. The largest absolute Gasteiger partial charge is 0.396 e. The summed E-state index contributed by atoms with van der Waals surface area (Å²) in [4.78, 5) is 4.58. The minimum Gasteiger partial charge on any atom is -0.396 e. The topological polar surface area (TPSA) is 38.0 Å². The first-order valence-electron chi connectivity index (χ1n) is 5.89. The molecule has 3 aromatic rings. The second-order valence-electron chi connectivity index (χ2n) is 4.29. The summed E-state index contributed by atoms with van der Waals surface area (Å²) >= 11 is 1.64. The number of hydrogen-bond acceptors (Lipinski definition) is 3. The second-order valence-corrected chi connectivity index (χ2v) is 5.15. The van der Waals surface area contributed by atoms with Crippen molar-refractivity contribution in [1.29, 1.82) is 0 Å². The maximum atomic E-state index is 8.94. The van der Waals surface area contributed by atoms with Crippen LogP contribution in [0, 0.1) is 0 Å². The molecule has 0 amide bonds. The maximum Gasteiger partial charge on any atom is 0.125 e. The molecule has 0 aliphatic rings. The summed E-state index contributed by atoms with van der Waals surface area (Å²) in [5.41, 5.74) is 3.35. The molecule has 1 aromatic carbocycles. The molecule has 1 N–H and O–H groups in total. The van der Waals surface area contributed by atoms with E-state index in [4.69, 9.17) is 5.11 Å². The Morgan fingerprint density at radius 2 is 2.17 bits per heavy atom. The van der Waals surface area contributed by atoms with Gasteiger partial charge in [-0.1, -0.05) is 18.2 Å². The van der Waals surface area contributed by atoms with Crippen molar-refractivity contribution >= 4 is 22.2 Å². The Labute approximate surface area is 109 Å². The first-order chi connectivity index (χ1) is 8.79. The Balaban J connectivity index is 2.13. The smallest absolute Gasteiger partial charge is 0.125 e. The Hall–Kier alpha value is -1.65. The molecular formula is C14H14N2OS. The average molecular weight is 258 g/mol. The third-order valence-electron chi connectivity index (χ3n) is 3.05. The number of aryl methyl sites for hydroxylation is 1. The molecule has 0 unspecified atom stereocenters. The van der Waals surface area contributed by atoms with Crippen LogP contribution in [0.1, 0.15) is 5.69 Å². The maximum absolute atomic E-state index is 8.94. The Morgan fingerprint density at radius 3 is 3.00 bits per heavy atom. The van der Waals surface area contributed by atoms with Crippen LogP contribution < -0.4 is 0 Å². The van der Waals surface area contributed by atoms with Crippen molar-refractivity contribution < 1.29 is 5.11 Å². The van der Waals surface area contributed by atoms with Gasteiger partial charge in [0.2, 0.25) is 0 Å². The van der Waals surface area contributed by atoms with Crippen LogP contribution in [0.4, 0.5) is 0 Å². The van der Waals surface area contributed by atoms with Crippen LogP contribution in [0.25, 0.3) is 21.5 Å². The summed E-state index contributed by atoms with van der Waals surface area (Å²) in [5, 5.41) is 13.2. The van der Waals surface area contributed by atoms with Gasteiger partial charge in [-0.2, -0.15) is 0 Å². The number of nitrogens with zero attached hydrogens (tertiary/aromatic N) is 2. The molecule has 92 valence electrons. The fourth-order valence-electron chi connectivity index (χ4n) is 2.17. The zero-order valence-electron chi connectivity index (χ0n) is 10.1. The normalized spacial score (nSPS) is 11.2. The Bertz CT molecular complexity index is 684. The van der Waals surface area contributed by atoms with Crippen LogP contribution in [0.2, 0.25) is 0 Å². The van der Waals surface area contributed by atoms with E-state index < -0.39 is 0 Å². The van der Waals surface area contributed by atoms with Crippen molar-refractivity contribution in [1.82, 2.24) is 9.55 Å². The highest BCUT2D eigenvalue weighted by Crippen LogP contribution is 2.32. The number of rotatable bonds is 3. The monoisotopic (exact) mass is 258 g/mol. The van der Waals surface area contributed by atoms with Crippen molar-refractivity contribution in [3.8, 4) is 10.6 Å². The average Bonchev–Trinajstić information content (AvgIpc) is 2.96. The molecule has 0 saturated heterocycles. The Morgan fingerprint density at radius 1 is 1.33 bits per heavy atom. The molecule has 0 radical (unpaired) electrons. The van der Waals surface area contributed by atoms with E-state index in [1.165, 1.54) is 16.5 Å². The van der Waals surface area contributed by atoms with Crippen LogP contribution in [-0.4, -0.2) is 21.3 Å². The highest BCUT2D eigenvalue weighted by molar-refractivity contribution is 7.13. The standard InChI is InChI=1S/C14H14N2OS/c1-16-8-12(11-4-2-3-5-13(11)16)14-15-10(6-7-17)9-18-14/h2-5,8-9,17H,6-7H2,1H3. The highest BCUT2D eigenvalue weighted by atomic mass is 32.1. The predicted octanol–water partition coefficient (Wildman–Crippen LogP) is 2.84. The summed E-state index contributed by atoms with van der Waals surface area (Å²) in [6, 6.07) is 8.33. The van der Waals surface area contributed by atoms with Crippen LogP contribution in [0.3, 0.4) is 0 Å². The van der Waals surface area contributed by atoms with Gasteiger partial charge in [-0.05, 0) is 6.07 Å². The van der Waals surface area contributed by atoms with Gasteiger partial charge < -0.3 is 9.67 Å². The Kier molecular flexibility index (Phi) is 2.89. The fourth-order valence-corrected chi connectivity index (χ4v) is 3.05. The quantitative estimate of drug-likeness (QED) is 0.784. The molecule has 0 fully saturated rings. The molecule has 0 spiro atoms. The minimum atomic E-state index is 0.151.